The molecule has 0 aliphatic rings. The van der Waals surface area contributed by atoms with Crippen molar-refractivity contribution in [1.82, 2.24) is 9.55 Å². The first-order valence-corrected chi connectivity index (χ1v) is 7.40. The number of ether oxygens (including phenoxy) is 1. The molecule has 2 heterocycles. The lowest BCUT2D eigenvalue weighted by Crippen LogP contribution is -2.17. The Kier molecular flexibility index (Phi) is 4.73. The van der Waals surface area contributed by atoms with E-state index in [9.17, 15) is 13.6 Å². The van der Waals surface area contributed by atoms with Crippen LogP contribution in [0.5, 0.6) is 0 Å². The molecular weight excluding hydrogens is 332 g/mol. The number of carbonyl (C=O) groups excluding carboxylic acids is 1. The molecule has 1 aromatic carbocycles. The molecule has 3 rings (SSSR count). The number of aromatic nitrogens is 2. The molecule has 0 saturated heterocycles. The van der Waals surface area contributed by atoms with Gasteiger partial charge in [-0.25, -0.2) is 13.8 Å². The fourth-order valence-corrected chi connectivity index (χ4v) is 2.69. The molecule has 0 aliphatic carbocycles. The van der Waals surface area contributed by atoms with Crippen molar-refractivity contribution in [2.24, 2.45) is 5.73 Å². The highest BCUT2D eigenvalue weighted by atomic mass is 19.1. The van der Waals surface area contributed by atoms with Gasteiger partial charge in [-0.2, -0.15) is 0 Å². The van der Waals surface area contributed by atoms with Gasteiger partial charge in [0.15, 0.2) is 0 Å². The molecule has 130 valence electrons. The third-order valence-electron chi connectivity index (χ3n) is 3.86. The van der Waals surface area contributed by atoms with Gasteiger partial charge in [-0.1, -0.05) is 6.07 Å². The van der Waals surface area contributed by atoms with E-state index >= 15 is 0 Å². The molecule has 3 N–H and O–H groups in total. The number of primary amides is 1. The van der Waals surface area contributed by atoms with E-state index in [1.165, 1.54) is 18.3 Å². The number of nitrogens with zero attached hydrogens (tertiary/aromatic N) is 2. The van der Waals surface area contributed by atoms with E-state index in [4.69, 9.17) is 15.6 Å². The summed E-state index contributed by atoms with van der Waals surface area (Å²) in [4.78, 5) is 15.6. The van der Waals surface area contributed by atoms with Crippen LogP contribution in [0.3, 0.4) is 0 Å². The summed E-state index contributed by atoms with van der Waals surface area (Å²) in [5.74, 6) is -2.00. The van der Waals surface area contributed by atoms with Gasteiger partial charge in [0.25, 0.3) is 5.91 Å². The number of aliphatic hydroxyl groups is 1. The summed E-state index contributed by atoms with van der Waals surface area (Å²) in [6.45, 7) is -0.405. The van der Waals surface area contributed by atoms with E-state index in [2.05, 4.69) is 4.98 Å². The fourth-order valence-electron chi connectivity index (χ4n) is 2.69. The minimum Gasteiger partial charge on any atom is -0.371 e. The molecule has 0 saturated carbocycles. The standard InChI is InChI=1S/C17H15F2N3O3/c18-11-2-1-10(14(19)5-11)7-22-4-3-12-13(8-25-9-23)16(17(20)24)21-6-15(12)22/h1-6,23H,7-9H2,(H2,20,24). The average Bonchev–Trinajstić information content (AvgIpc) is 2.98. The Morgan fingerprint density at radius 1 is 1.32 bits per heavy atom. The first kappa shape index (κ1) is 17.0. The van der Waals surface area contributed by atoms with Crippen LogP contribution in [0.25, 0.3) is 10.9 Å². The van der Waals surface area contributed by atoms with E-state index < -0.39 is 24.3 Å². The van der Waals surface area contributed by atoms with Gasteiger partial charge in [-0.15, -0.1) is 0 Å². The van der Waals surface area contributed by atoms with Crippen LogP contribution in [-0.2, 0) is 17.9 Å². The second kappa shape index (κ2) is 6.96. The van der Waals surface area contributed by atoms with E-state index in [0.29, 0.717) is 22.0 Å². The molecule has 0 atom stereocenters. The SMILES string of the molecule is NC(=O)c1ncc2c(ccn2Cc2ccc(F)cc2F)c1COCO. The molecule has 0 fully saturated rings. The Hall–Kier alpha value is -2.84. The van der Waals surface area contributed by atoms with Gasteiger partial charge < -0.3 is 20.1 Å². The predicted octanol–water partition coefficient (Wildman–Crippen LogP) is 1.93. The van der Waals surface area contributed by atoms with Crippen LogP contribution in [0.1, 0.15) is 21.6 Å². The lowest BCUT2D eigenvalue weighted by Gasteiger charge is -2.10. The summed E-state index contributed by atoms with van der Waals surface area (Å²) >= 11 is 0. The van der Waals surface area contributed by atoms with Gasteiger partial charge in [0.1, 0.15) is 24.1 Å². The molecule has 0 radical (unpaired) electrons. The van der Waals surface area contributed by atoms with E-state index in [0.717, 1.165) is 6.07 Å². The number of nitrogens with two attached hydrogens (primary N) is 1. The zero-order valence-electron chi connectivity index (χ0n) is 13.1. The van der Waals surface area contributed by atoms with Crippen LogP contribution in [0, 0.1) is 11.6 Å². The second-order valence-electron chi connectivity index (χ2n) is 5.41. The molecule has 2 aromatic heterocycles. The van der Waals surface area contributed by atoms with Crippen LogP contribution in [0.15, 0.2) is 36.7 Å². The highest BCUT2D eigenvalue weighted by Gasteiger charge is 2.16. The van der Waals surface area contributed by atoms with Crippen LogP contribution < -0.4 is 5.73 Å². The van der Waals surface area contributed by atoms with Crippen LogP contribution in [0.2, 0.25) is 0 Å². The van der Waals surface area contributed by atoms with Crippen molar-refractivity contribution in [3.05, 3.63) is 65.1 Å². The maximum absolute atomic E-state index is 13.9. The Labute approximate surface area is 141 Å². The number of hydrogen-bond acceptors (Lipinski definition) is 4. The summed E-state index contributed by atoms with van der Waals surface area (Å²) < 4.78 is 33.6. The minimum absolute atomic E-state index is 0.0476. The summed E-state index contributed by atoms with van der Waals surface area (Å²) in [6, 6.07) is 5.11. The topological polar surface area (TPSA) is 90.4 Å². The number of amides is 1. The Bertz CT molecular complexity index is 940. The predicted molar refractivity (Wildman–Crippen MR) is 85.6 cm³/mol. The van der Waals surface area contributed by atoms with Crippen molar-refractivity contribution < 1.29 is 23.4 Å². The lowest BCUT2D eigenvalue weighted by atomic mass is 10.1. The van der Waals surface area contributed by atoms with E-state index in [1.807, 2.05) is 0 Å². The Morgan fingerprint density at radius 3 is 2.80 bits per heavy atom. The number of fused-ring (bicyclic) bond motifs is 1. The molecule has 0 bridgehead atoms. The van der Waals surface area contributed by atoms with Gasteiger partial charge in [0.05, 0.1) is 24.9 Å². The molecule has 0 unspecified atom stereocenters. The van der Waals surface area contributed by atoms with Gasteiger partial charge in [0, 0.05) is 28.8 Å². The Morgan fingerprint density at radius 2 is 2.12 bits per heavy atom. The zero-order chi connectivity index (χ0) is 18.0. The molecular formula is C17H15F2N3O3. The minimum atomic E-state index is -0.712. The normalized spacial score (nSPS) is 11.2. The average molecular weight is 347 g/mol. The van der Waals surface area contributed by atoms with Crippen molar-refractivity contribution >= 4 is 16.8 Å². The lowest BCUT2D eigenvalue weighted by molar-refractivity contribution is -0.0111. The molecule has 25 heavy (non-hydrogen) atoms. The first-order valence-electron chi connectivity index (χ1n) is 7.40. The van der Waals surface area contributed by atoms with Crippen molar-refractivity contribution in [2.75, 3.05) is 6.79 Å². The molecule has 1 amide bonds. The molecule has 8 heteroatoms. The third-order valence-corrected chi connectivity index (χ3v) is 3.86. The summed E-state index contributed by atoms with van der Waals surface area (Å²) in [6.07, 6.45) is 3.15. The van der Waals surface area contributed by atoms with Gasteiger partial charge in [-0.3, -0.25) is 4.79 Å². The summed E-state index contributed by atoms with van der Waals surface area (Å²) in [5, 5.41) is 9.50. The van der Waals surface area contributed by atoms with Crippen molar-refractivity contribution in [1.29, 1.82) is 0 Å². The zero-order valence-corrected chi connectivity index (χ0v) is 13.1. The van der Waals surface area contributed by atoms with Crippen molar-refractivity contribution in [3.8, 4) is 0 Å². The number of benzene rings is 1. The quantitative estimate of drug-likeness (QED) is 0.667. The third kappa shape index (κ3) is 3.35. The smallest absolute Gasteiger partial charge is 0.267 e. The van der Waals surface area contributed by atoms with Crippen LogP contribution in [-0.4, -0.2) is 27.4 Å². The molecule has 0 spiro atoms. The van der Waals surface area contributed by atoms with Crippen LogP contribution in [0.4, 0.5) is 8.78 Å². The maximum Gasteiger partial charge on any atom is 0.267 e. The summed E-state index contributed by atoms with van der Waals surface area (Å²) in [7, 11) is 0. The second-order valence-corrected chi connectivity index (χ2v) is 5.41. The number of carbonyl (C=O) groups is 1. The molecule has 6 nitrogen and oxygen atoms in total. The number of pyridine rings is 1. The van der Waals surface area contributed by atoms with Gasteiger partial charge >= 0.3 is 0 Å². The fraction of sp³-hybridized carbons (Fsp3) is 0.176. The molecule has 3 aromatic rings. The Balaban J connectivity index is 2.05. The van der Waals surface area contributed by atoms with Crippen LogP contribution >= 0.6 is 0 Å². The summed E-state index contributed by atoms with van der Waals surface area (Å²) in [5.41, 5.74) is 6.76. The monoisotopic (exact) mass is 347 g/mol. The number of aliphatic hydroxyl groups excluding tert-OH is 1. The van der Waals surface area contributed by atoms with Gasteiger partial charge in [0.2, 0.25) is 0 Å². The number of rotatable bonds is 6. The van der Waals surface area contributed by atoms with Gasteiger partial charge in [-0.05, 0) is 12.1 Å². The highest BCUT2D eigenvalue weighted by molar-refractivity contribution is 5.97. The number of hydrogen-bond donors (Lipinski definition) is 2. The van der Waals surface area contributed by atoms with Crippen molar-refractivity contribution in [2.45, 2.75) is 13.2 Å². The first-order chi connectivity index (χ1) is 12.0. The highest BCUT2D eigenvalue weighted by Crippen LogP contribution is 2.24. The largest absolute Gasteiger partial charge is 0.371 e. The number of halogens is 2. The van der Waals surface area contributed by atoms with E-state index in [1.54, 1.807) is 16.8 Å². The van der Waals surface area contributed by atoms with Crippen molar-refractivity contribution in [3.63, 3.8) is 0 Å². The molecule has 0 aliphatic heterocycles. The maximum atomic E-state index is 13.9. The van der Waals surface area contributed by atoms with E-state index in [-0.39, 0.29) is 18.8 Å².